The van der Waals surface area contributed by atoms with Gasteiger partial charge in [-0.1, -0.05) is 18.5 Å². The summed E-state index contributed by atoms with van der Waals surface area (Å²) in [5.74, 6) is -1.26. The fourth-order valence-corrected chi connectivity index (χ4v) is 1.79. The number of hydrogen-bond donors (Lipinski definition) is 3. The summed E-state index contributed by atoms with van der Waals surface area (Å²) in [6, 6.07) is 2.64. The molecule has 0 saturated heterocycles. The monoisotopic (exact) mass is 316 g/mol. The van der Waals surface area contributed by atoms with Crippen LogP contribution in [0.15, 0.2) is 12.1 Å². The predicted molar refractivity (Wildman–Crippen MR) is 79.6 cm³/mol. The maximum atomic E-state index is 11.2. The topological polar surface area (TPSA) is 87.7 Å². The van der Waals surface area contributed by atoms with E-state index < -0.39 is 5.97 Å². The normalized spacial score (nSPS) is 9.75. The molecule has 8 heteroatoms. The van der Waals surface area contributed by atoms with E-state index in [1.165, 1.54) is 19.2 Å². The first-order chi connectivity index (χ1) is 9.38. The van der Waals surface area contributed by atoms with Crippen molar-refractivity contribution in [2.45, 2.75) is 13.3 Å². The molecule has 3 N–H and O–H groups in total. The molecule has 0 saturated carbocycles. The van der Waals surface area contributed by atoms with E-state index in [-0.39, 0.29) is 33.8 Å². The summed E-state index contributed by atoms with van der Waals surface area (Å²) in [5.41, 5.74) is 0.279. The van der Waals surface area contributed by atoms with Crippen LogP contribution in [0.2, 0.25) is 5.02 Å². The highest BCUT2D eigenvalue weighted by molar-refractivity contribution is 7.80. The van der Waals surface area contributed by atoms with Gasteiger partial charge in [0.05, 0.1) is 17.8 Å². The van der Waals surface area contributed by atoms with Crippen molar-refractivity contribution in [3.05, 3.63) is 22.7 Å². The predicted octanol–water partition coefficient (Wildman–Crippen LogP) is 2.27. The van der Waals surface area contributed by atoms with Crippen LogP contribution in [0.5, 0.6) is 5.75 Å². The molecule has 0 radical (unpaired) electrons. The number of anilines is 1. The number of carbonyl (C=O) groups excluding carboxylic acids is 1. The largest absolute Gasteiger partial charge is 0.496 e. The van der Waals surface area contributed by atoms with Gasteiger partial charge in [0.15, 0.2) is 5.11 Å². The summed E-state index contributed by atoms with van der Waals surface area (Å²) >= 11 is 10.9. The minimum Gasteiger partial charge on any atom is -0.496 e. The van der Waals surface area contributed by atoms with Crippen LogP contribution < -0.4 is 15.4 Å². The molecule has 20 heavy (non-hydrogen) atoms. The second-order valence-corrected chi connectivity index (χ2v) is 4.51. The van der Waals surface area contributed by atoms with Gasteiger partial charge in [-0.2, -0.15) is 0 Å². The lowest BCUT2D eigenvalue weighted by Gasteiger charge is -2.13. The minimum atomic E-state index is -1.16. The lowest BCUT2D eigenvalue weighted by Crippen LogP contribution is -2.33. The summed E-state index contributed by atoms with van der Waals surface area (Å²) in [6.07, 6.45) is 0.289. The van der Waals surface area contributed by atoms with E-state index in [4.69, 9.17) is 33.7 Å². The Morgan fingerprint density at radius 1 is 1.45 bits per heavy atom. The fourth-order valence-electron chi connectivity index (χ4n) is 1.35. The Kier molecular flexibility index (Phi) is 5.72. The van der Waals surface area contributed by atoms with E-state index in [1.54, 1.807) is 6.92 Å². The highest BCUT2D eigenvalue weighted by Crippen LogP contribution is 2.30. The second-order valence-electron chi connectivity index (χ2n) is 3.69. The summed E-state index contributed by atoms with van der Waals surface area (Å²) in [6.45, 7) is 1.69. The van der Waals surface area contributed by atoms with Crippen LogP contribution in [0.3, 0.4) is 0 Å². The van der Waals surface area contributed by atoms with Crippen LogP contribution >= 0.6 is 23.8 Å². The molecule has 1 rings (SSSR count). The quantitative estimate of drug-likeness (QED) is 0.739. The number of carbonyl (C=O) groups is 2. The number of benzene rings is 1. The van der Waals surface area contributed by atoms with Gasteiger partial charge in [0, 0.05) is 12.5 Å². The Morgan fingerprint density at radius 2 is 2.10 bits per heavy atom. The third-order valence-corrected chi connectivity index (χ3v) is 2.86. The van der Waals surface area contributed by atoms with Crippen molar-refractivity contribution < 1.29 is 19.4 Å². The molecule has 0 heterocycles. The molecule has 0 aliphatic carbocycles. The number of methoxy groups -OCH3 is 1. The average Bonchev–Trinajstić information content (AvgIpc) is 2.40. The fraction of sp³-hybridized carbons (Fsp3) is 0.250. The van der Waals surface area contributed by atoms with E-state index >= 15 is 0 Å². The molecule has 0 fully saturated rings. The molecule has 0 bridgehead atoms. The van der Waals surface area contributed by atoms with Crippen molar-refractivity contribution in [1.29, 1.82) is 0 Å². The lowest BCUT2D eigenvalue weighted by atomic mass is 10.2. The molecule has 6 nitrogen and oxygen atoms in total. The standard InChI is InChI=1S/C12H13ClN2O4S/c1-3-10(16)15-12(20)14-8-5-9(19-2)6(11(17)18)4-7(8)13/h4-5H,3H2,1-2H3,(H,17,18)(H2,14,15,16,20). The molecule has 0 aliphatic heterocycles. The SMILES string of the molecule is CCC(=O)NC(=S)Nc1cc(OC)c(C(=O)O)cc1Cl. The molecule has 1 amide bonds. The van der Waals surface area contributed by atoms with Crippen LogP contribution in [-0.2, 0) is 4.79 Å². The zero-order chi connectivity index (χ0) is 15.3. The Balaban J connectivity index is 2.99. The summed E-state index contributed by atoms with van der Waals surface area (Å²) in [4.78, 5) is 22.2. The smallest absolute Gasteiger partial charge is 0.339 e. The highest BCUT2D eigenvalue weighted by Gasteiger charge is 2.15. The molecular formula is C12H13ClN2O4S. The summed E-state index contributed by atoms with van der Waals surface area (Å²) < 4.78 is 4.98. The zero-order valence-corrected chi connectivity index (χ0v) is 12.4. The lowest BCUT2D eigenvalue weighted by molar-refractivity contribution is -0.119. The Labute approximate surface area is 126 Å². The Morgan fingerprint density at radius 3 is 2.60 bits per heavy atom. The molecule has 0 aromatic heterocycles. The molecule has 0 aliphatic rings. The van der Waals surface area contributed by atoms with Gasteiger partial charge in [0.2, 0.25) is 5.91 Å². The van der Waals surface area contributed by atoms with Crippen molar-refractivity contribution in [3.8, 4) is 5.75 Å². The maximum absolute atomic E-state index is 11.2. The van der Waals surface area contributed by atoms with E-state index in [9.17, 15) is 9.59 Å². The summed E-state index contributed by atoms with van der Waals surface area (Å²) in [5, 5.41) is 14.4. The minimum absolute atomic E-state index is 0.0634. The third kappa shape index (κ3) is 4.07. The van der Waals surface area contributed by atoms with E-state index in [0.29, 0.717) is 5.69 Å². The van der Waals surface area contributed by atoms with Crippen LogP contribution in [0.1, 0.15) is 23.7 Å². The first kappa shape index (κ1) is 16.2. The van der Waals surface area contributed by atoms with Crippen molar-refractivity contribution >= 4 is 46.5 Å². The van der Waals surface area contributed by atoms with Crippen LogP contribution in [-0.4, -0.2) is 29.2 Å². The van der Waals surface area contributed by atoms with Gasteiger partial charge in [-0.15, -0.1) is 0 Å². The van der Waals surface area contributed by atoms with Gasteiger partial charge in [0.25, 0.3) is 0 Å². The van der Waals surface area contributed by atoms with Gasteiger partial charge in [-0.25, -0.2) is 4.79 Å². The molecule has 0 unspecified atom stereocenters. The molecule has 0 spiro atoms. The van der Waals surface area contributed by atoms with Crippen LogP contribution in [0, 0.1) is 0 Å². The number of nitrogens with one attached hydrogen (secondary N) is 2. The zero-order valence-electron chi connectivity index (χ0n) is 10.8. The second kappa shape index (κ2) is 7.06. The number of amides is 1. The number of halogens is 1. The van der Waals surface area contributed by atoms with Gasteiger partial charge in [-0.3, -0.25) is 4.79 Å². The first-order valence-corrected chi connectivity index (χ1v) is 6.39. The Hall–Kier alpha value is -1.86. The number of ether oxygens (including phenoxy) is 1. The molecule has 0 atom stereocenters. The van der Waals surface area contributed by atoms with Gasteiger partial charge < -0.3 is 20.5 Å². The molecule has 1 aromatic rings. The number of rotatable bonds is 4. The van der Waals surface area contributed by atoms with Crippen molar-refractivity contribution in [2.75, 3.05) is 12.4 Å². The number of carboxylic acid groups (broad SMARTS) is 1. The Bertz CT molecular complexity index is 563. The number of aromatic carboxylic acids is 1. The third-order valence-electron chi connectivity index (χ3n) is 2.34. The van der Waals surface area contributed by atoms with Crippen LogP contribution in [0.25, 0.3) is 0 Å². The van der Waals surface area contributed by atoms with Gasteiger partial charge in [-0.05, 0) is 18.3 Å². The average molecular weight is 317 g/mol. The van der Waals surface area contributed by atoms with Gasteiger partial charge in [0.1, 0.15) is 11.3 Å². The molecular weight excluding hydrogens is 304 g/mol. The van der Waals surface area contributed by atoms with Crippen molar-refractivity contribution in [3.63, 3.8) is 0 Å². The maximum Gasteiger partial charge on any atom is 0.339 e. The highest BCUT2D eigenvalue weighted by atomic mass is 35.5. The summed E-state index contributed by atoms with van der Waals surface area (Å²) in [7, 11) is 1.34. The first-order valence-electron chi connectivity index (χ1n) is 5.60. The van der Waals surface area contributed by atoms with E-state index in [1.807, 2.05) is 0 Å². The van der Waals surface area contributed by atoms with Crippen molar-refractivity contribution in [2.24, 2.45) is 0 Å². The van der Waals surface area contributed by atoms with E-state index in [2.05, 4.69) is 10.6 Å². The van der Waals surface area contributed by atoms with Gasteiger partial charge >= 0.3 is 5.97 Å². The number of hydrogen-bond acceptors (Lipinski definition) is 4. The molecule has 1 aromatic carbocycles. The number of carboxylic acids is 1. The van der Waals surface area contributed by atoms with E-state index in [0.717, 1.165) is 0 Å². The molecule has 108 valence electrons. The number of thiocarbonyl (C=S) groups is 1. The van der Waals surface area contributed by atoms with Crippen molar-refractivity contribution in [1.82, 2.24) is 5.32 Å². The van der Waals surface area contributed by atoms with Crippen LogP contribution in [0.4, 0.5) is 5.69 Å².